The first-order valence-corrected chi connectivity index (χ1v) is 9.36. The SMILES string of the molecule is O=C(NCCNC(=O)c1ccccc1O)c1csc(-c2ccc(Cl)cc2)n1. The van der Waals surface area contributed by atoms with Gasteiger partial charge in [0, 0.05) is 29.1 Å². The molecule has 0 atom stereocenters. The van der Waals surface area contributed by atoms with Gasteiger partial charge < -0.3 is 15.7 Å². The number of halogens is 1. The summed E-state index contributed by atoms with van der Waals surface area (Å²) in [5.41, 5.74) is 1.39. The Morgan fingerprint density at radius 3 is 2.37 bits per heavy atom. The number of carbonyl (C=O) groups excluding carboxylic acids is 2. The minimum absolute atomic E-state index is 0.0868. The normalized spacial score (nSPS) is 10.4. The second kappa shape index (κ2) is 8.66. The first kappa shape index (κ1) is 18.9. The molecule has 2 amide bonds. The third kappa shape index (κ3) is 4.84. The summed E-state index contributed by atoms with van der Waals surface area (Å²) >= 11 is 7.24. The van der Waals surface area contributed by atoms with Gasteiger partial charge in [-0.1, -0.05) is 35.9 Å². The Morgan fingerprint density at radius 1 is 1.00 bits per heavy atom. The van der Waals surface area contributed by atoms with Gasteiger partial charge in [0.2, 0.25) is 0 Å². The molecule has 1 heterocycles. The Kier molecular flexibility index (Phi) is 6.05. The van der Waals surface area contributed by atoms with Crippen LogP contribution < -0.4 is 10.6 Å². The first-order valence-electron chi connectivity index (χ1n) is 8.10. The van der Waals surface area contributed by atoms with Crippen LogP contribution in [-0.2, 0) is 0 Å². The molecule has 0 aliphatic rings. The Labute approximate surface area is 164 Å². The molecule has 6 nitrogen and oxygen atoms in total. The minimum atomic E-state index is -0.402. The van der Waals surface area contributed by atoms with Crippen LogP contribution in [0.2, 0.25) is 5.02 Å². The fourth-order valence-electron chi connectivity index (χ4n) is 2.31. The van der Waals surface area contributed by atoms with Gasteiger partial charge in [-0.3, -0.25) is 9.59 Å². The van der Waals surface area contributed by atoms with E-state index in [0.717, 1.165) is 10.6 Å². The zero-order chi connectivity index (χ0) is 19.2. The van der Waals surface area contributed by atoms with Crippen LogP contribution in [0.25, 0.3) is 10.6 Å². The van der Waals surface area contributed by atoms with E-state index >= 15 is 0 Å². The Morgan fingerprint density at radius 2 is 1.67 bits per heavy atom. The van der Waals surface area contributed by atoms with Crippen molar-refractivity contribution in [2.45, 2.75) is 0 Å². The number of benzene rings is 2. The lowest BCUT2D eigenvalue weighted by atomic mass is 10.2. The number of nitrogens with one attached hydrogen (secondary N) is 2. The molecule has 0 fully saturated rings. The maximum absolute atomic E-state index is 12.2. The van der Waals surface area contributed by atoms with Crippen LogP contribution in [0, 0.1) is 0 Å². The Balaban J connectivity index is 1.49. The second-order valence-electron chi connectivity index (χ2n) is 5.57. The van der Waals surface area contributed by atoms with Crippen molar-refractivity contribution < 1.29 is 14.7 Å². The van der Waals surface area contributed by atoms with Crippen molar-refractivity contribution in [2.75, 3.05) is 13.1 Å². The number of nitrogens with zero attached hydrogens (tertiary/aromatic N) is 1. The van der Waals surface area contributed by atoms with Crippen molar-refractivity contribution in [1.29, 1.82) is 0 Å². The van der Waals surface area contributed by atoms with E-state index in [4.69, 9.17) is 11.6 Å². The molecule has 0 bridgehead atoms. The molecule has 3 N–H and O–H groups in total. The molecule has 0 aliphatic heterocycles. The molecule has 0 saturated heterocycles. The number of carbonyl (C=O) groups is 2. The number of phenolic OH excluding ortho intramolecular Hbond substituents is 1. The number of hydrogen-bond acceptors (Lipinski definition) is 5. The quantitative estimate of drug-likeness (QED) is 0.552. The van der Waals surface area contributed by atoms with Crippen LogP contribution in [-0.4, -0.2) is 35.0 Å². The van der Waals surface area contributed by atoms with Crippen LogP contribution in [0.5, 0.6) is 5.75 Å². The molecule has 0 spiro atoms. The molecule has 138 valence electrons. The molecule has 0 saturated carbocycles. The van der Waals surface area contributed by atoms with E-state index in [0.29, 0.717) is 10.7 Å². The van der Waals surface area contributed by atoms with Gasteiger partial charge >= 0.3 is 0 Å². The highest BCUT2D eigenvalue weighted by molar-refractivity contribution is 7.13. The Bertz CT molecular complexity index is 957. The van der Waals surface area contributed by atoms with Crippen LogP contribution >= 0.6 is 22.9 Å². The van der Waals surface area contributed by atoms with Gasteiger partial charge in [0.25, 0.3) is 11.8 Å². The summed E-state index contributed by atoms with van der Waals surface area (Å²) in [5.74, 6) is -0.805. The van der Waals surface area contributed by atoms with Gasteiger partial charge in [-0.25, -0.2) is 4.98 Å². The minimum Gasteiger partial charge on any atom is -0.507 e. The number of rotatable bonds is 6. The summed E-state index contributed by atoms with van der Waals surface area (Å²) in [6.07, 6.45) is 0. The molecule has 0 radical (unpaired) electrons. The molecular formula is C19H16ClN3O3S. The predicted molar refractivity (Wildman–Crippen MR) is 105 cm³/mol. The number of para-hydroxylation sites is 1. The standard InChI is InChI=1S/C19H16ClN3O3S/c20-13-7-5-12(6-8-13)19-23-15(11-27-19)18(26)22-10-9-21-17(25)14-3-1-2-4-16(14)24/h1-8,11,24H,9-10H2,(H,21,25)(H,22,26). The molecule has 3 rings (SSSR count). The topological polar surface area (TPSA) is 91.3 Å². The van der Waals surface area contributed by atoms with Gasteiger partial charge in [-0.15, -0.1) is 11.3 Å². The van der Waals surface area contributed by atoms with E-state index in [1.54, 1.807) is 29.6 Å². The zero-order valence-corrected chi connectivity index (χ0v) is 15.7. The van der Waals surface area contributed by atoms with Crippen molar-refractivity contribution in [2.24, 2.45) is 0 Å². The first-order chi connectivity index (χ1) is 13.0. The van der Waals surface area contributed by atoms with Gasteiger partial charge in [-0.05, 0) is 24.3 Å². The molecule has 3 aromatic rings. The maximum Gasteiger partial charge on any atom is 0.270 e. The third-order valence-electron chi connectivity index (χ3n) is 3.67. The van der Waals surface area contributed by atoms with E-state index in [1.165, 1.54) is 23.5 Å². The van der Waals surface area contributed by atoms with Gasteiger partial charge in [0.1, 0.15) is 16.5 Å². The fraction of sp³-hybridized carbons (Fsp3) is 0.105. The molecule has 27 heavy (non-hydrogen) atoms. The number of phenols is 1. The van der Waals surface area contributed by atoms with E-state index in [9.17, 15) is 14.7 Å². The van der Waals surface area contributed by atoms with E-state index in [2.05, 4.69) is 15.6 Å². The average molecular weight is 402 g/mol. The third-order valence-corrected chi connectivity index (χ3v) is 4.82. The van der Waals surface area contributed by atoms with Gasteiger partial charge in [0.05, 0.1) is 5.56 Å². The zero-order valence-electron chi connectivity index (χ0n) is 14.1. The summed E-state index contributed by atoms with van der Waals surface area (Å²) in [4.78, 5) is 28.5. The van der Waals surface area contributed by atoms with Crippen molar-refractivity contribution >= 4 is 34.8 Å². The van der Waals surface area contributed by atoms with Crippen molar-refractivity contribution in [3.05, 3.63) is 70.2 Å². The molecule has 1 aromatic heterocycles. The monoisotopic (exact) mass is 401 g/mol. The summed E-state index contributed by atoms with van der Waals surface area (Å²) < 4.78 is 0. The molecular weight excluding hydrogens is 386 g/mol. The van der Waals surface area contributed by atoms with Crippen molar-refractivity contribution in [3.8, 4) is 16.3 Å². The fourth-order valence-corrected chi connectivity index (χ4v) is 3.24. The maximum atomic E-state index is 12.2. The van der Waals surface area contributed by atoms with Gasteiger partial charge in [-0.2, -0.15) is 0 Å². The number of amides is 2. The largest absolute Gasteiger partial charge is 0.507 e. The molecule has 2 aromatic carbocycles. The van der Waals surface area contributed by atoms with E-state index in [1.807, 2.05) is 12.1 Å². The number of aromatic nitrogens is 1. The van der Waals surface area contributed by atoms with Crippen molar-refractivity contribution in [1.82, 2.24) is 15.6 Å². The highest BCUT2D eigenvalue weighted by Gasteiger charge is 2.12. The average Bonchev–Trinajstić information content (AvgIpc) is 3.16. The molecule has 8 heteroatoms. The summed E-state index contributed by atoms with van der Waals surface area (Å²) in [6.45, 7) is 0.471. The summed E-state index contributed by atoms with van der Waals surface area (Å²) in [7, 11) is 0. The molecule has 0 unspecified atom stereocenters. The smallest absolute Gasteiger partial charge is 0.270 e. The lowest BCUT2D eigenvalue weighted by Crippen LogP contribution is -2.34. The van der Waals surface area contributed by atoms with Crippen LogP contribution in [0.15, 0.2) is 53.9 Å². The lowest BCUT2D eigenvalue weighted by Gasteiger charge is -2.07. The predicted octanol–water partition coefficient (Wildman–Crippen LogP) is 3.33. The van der Waals surface area contributed by atoms with Gasteiger partial charge in [0.15, 0.2) is 0 Å². The van der Waals surface area contributed by atoms with Crippen LogP contribution in [0.4, 0.5) is 0 Å². The second-order valence-corrected chi connectivity index (χ2v) is 6.87. The molecule has 0 aliphatic carbocycles. The van der Waals surface area contributed by atoms with Crippen molar-refractivity contribution in [3.63, 3.8) is 0 Å². The Hall–Kier alpha value is -2.90. The van der Waals surface area contributed by atoms with E-state index < -0.39 is 5.91 Å². The van der Waals surface area contributed by atoms with E-state index in [-0.39, 0.29) is 30.3 Å². The summed E-state index contributed by atoms with van der Waals surface area (Å²) in [6, 6.07) is 13.5. The van der Waals surface area contributed by atoms with Crippen LogP contribution in [0.3, 0.4) is 0 Å². The number of thiazole rings is 1. The van der Waals surface area contributed by atoms with Crippen LogP contribution in [0.1, 0.15) is 20.8 Å². The number of aromatic hydroxyl groups is 1. The lowest BCUT2D eigenvalue weighted by molar-refractivity contribution is 0.0924. The summed E-state index contributed by atoms with van der Waals surface area (Å²) in [5, 5.41) is 18.0. The number of hydrogen-bond donors (Lipinski definition) is 3. The highest BCUT2D eigenvalue weighted by Crippen LogP contribution is 2.25. The highest BCUT2D eigenvalue weighted by atomic mass is 35.5.